The summed E-state index contributed by atoms with van der Waals surface area (Å²) >= 11 is 6.25. The predicted molar refractivity (Wildman–Crippen MR) is 97.2 cm³/mol. The van der Waals surface area contributed by atoms with Crippen LogP contribution in [0.3, 0.4) is 0 Å². The highest BCUT2D eigenvalue weighted by molar-refractivity contribution is 6.33. The molecule has 8 heteroatoms. The Bertz CT molecular complexity index is 649. The largest absolute Gasteiger partial charge is 0.369 e. The summed E-state index contributed by atoms with van der Waals surface area (Å²) < 4.78 is 0. The smallest absolute Gasteiger partial charge is 0.271 e. The number of hydrogen-bond donors (Lipinski definition) is 0. The molecule has 0 unspecified atom stereocenters. The minimum Gasteiger partial charge on any atom is -0.369 e. The van der Waals surface area contributed by atoms with Crippen molar-refractivity contribution >= 4 is 28.9 Å². The molecule has 7 nitrogen and oxygen atoms in total. The van der Waals surface area contributed by atoms with Crippen molar-refractivity contribution < 1.29 is 9.72 Å². The van der Waals surface area contributed by atoms with E-state index >= 15 is 0 Å². The molecule has 0 spiro atoms. The monoisotopic (exact) mass is 366 g/mol. The highest BCUT2D eigenvalue weighted by Gasteiger charge is 2.23. The first kappa shape index (κ1) is 17.9. The number of carbonyl (C=O) groups excluding carboxylic acids is 1. The molecule has 2 fully saturated rings. The van der Waals surface area contributed by atoms with Gasteiger partial charge in [-0.3, -0.25) is 19.8 Å². The number of rotatable bonds is 4. The van der Waals surface area contributed by atoms with Gasteiger partial charge >= 0.3 is 0 Å². The van der Waals surface area contributed by atoms with Crippen molar-refractivity contribution in [3.8, 4) is 0 Å². The zero-order chi connectivity index (χ0) is 17.8. The maximum absolute atomic E-state index is 12.3. The molecule has 1 aromatic rings. The molecule has 0 aliphatic carbocycles. The molecule has 2 saturated heterocycles. The number of amides is 1. The molecule has 2 aliphatic rings. The highest BCUT2D eigenvalue weighted by atomic mass is 35.5. The van der Waals surface area contributed by atoms with Crippen LogP contribution in [0.5, 0.6) is 0 Å². The van der Waals surface area contributed by atoms with Crippen LogP contribution in [-0.2, 0) is 4.79 Å². The summed E-state index contributed by atoms with van der Waals surface area (Å²) in [6.07, 6.45) is 3.15. The Morgan fingerprint density at radius 1 is 1.08 bits per heavy atom. The Labute approximate surface area is 152 Å². The number of likely N-dealkylation sites (tertiary alicyclic amines) is 1. The normalized spacial score (nSPS) is 19.1. The van der Waals surface area contributed by atoms with Gasteiger partial charge in [0.15, 0.2) is 0 Å². The first-order valence-corrected chi connectivity index (χ1v) is 9.11. The Morgan fingerprint density at radius 3 is 2.52 bits per heavy atom. The lowest BCUT2D eigenvalue weighted by Gasteiger charge is -2.25. The first-order chi connectivity index (χ1) is 12.0. The summed E-state index contributed by atoms with van der Waals surface area (Å²) in [6, 6.07) is 4.60. The van der Waals surface area contributed by atoms with Gasteiger partial charge in [-0.05, 0) is 25.3 Å². The van der Waals surface area contributed by atoms with Crippen LogP contribution in [-0.4, -0.2) is 66.4 Å². The van der Waals surface area contributed by atoms with Gasteiger partial charge in [0.1, 0.15) is 0 Å². The van der Waals surface area contributed by atoms with Gasteiger partial charge in [-0.2, -0.15) is 0 Å². The number of nitro benzene ring substituents is 1. The van der Waals surface area contributed by atoms with E-state index in [0.717, 1.165) is 64.2 Å². The Morgan fingerprint density at radius 2 is 1.84 bits per heavy atom. The van der Waals surface area contributed by atoms with Crippen LogP contribution in [0, 0.1) is 10.1 Å². The lowest BCUT2D eigenvalue weighted by atomic mass is 10.2. The zero-order valence-electron chi connectivity index (χ0n) is 14.2. The van der Waals surface area contributed by atoms with Crippen molar-refractivity contribution in [2.24, 2.45) is 0 Å². The molecule has 2 heterocycles. The van der Waals surface area contributed by atoms with Crippen LogP contribution >= 0.6 is 11.6 Å². The molecule has 136 valence electrons. The van der Waals surface area contributed by atoms with Crippen molar-refractivity contribution in [2.45, 2.75) is 19.3 Å². The van der Waals surface area contributed by atoms with E-state index in [9.17, 15) is 14.9 Å². The number of benzene rings is 1. The maximum Gasteiger partial charge on any atom is 0.271 e. The summed E-state index contributed by atoms with van der Waals surface area (Å²) in [5.41, 5.74) is 0.821. The third-order valence-electron chi connectivity index (χ3n) is 4.89. The van der Waals surface area contributed by atoms with E-state index in [1.165, 1.54) is 12.1 Å². The molecular formula is C17H23ClN4O3. The average molecular weight is 367 g/mol. The molecule has 1 amide bonds. The average Bonchev–Trinajstić information content (AvgIpc) is 3.03. The predicted octanol–water partition coefficient (Wildman–Crippen LogP) is 2.38. The minimum absolute atomic E-state index is 0.00130. The summed E-state index contributed by atoms with van der Waals surface area (Å²) in [4.78, 5) is 29.0. The number of halogens is 1. The van der Waals surface area contributed by atoms with Gasteiger partial charge in [0.2, 0.25) is 5.91 Å². The molecule has 0 bridgehead atoms. The van der Waals surface area contributed by atoms with E-state index in [2.05, 4.69) is 9.80 Å². The van der Waals surface area contributed by atoms with Gasteiger partial charge in [-0.1, -0.05) is 11.6 Å². The van der Waals surface area contributed by atoms with Crippen molar-refractivity contribution in [3.63, 3.8) is 0 Å². The molecule has 0 radical (unpaired) electrons. The van der Waals surface area contributed by atoms with Crippen LogP contribution in [0.2, 0.25) is 5.02 Å². The summed E-state index contributed by atoms with van der Waals surface area (Å²) in [5, 5.41) is 11.2. The summed E-state index contributed by atoms with van der Waals surface area (Å²) in [7, 11) is 0. The van der Waals surface area contributed by atoms with Crippen LogP contribution in [0.25, 0.3) is 0 Å². The van der Waals surface area contributed by atoms with E-state index in [4.69, 9.17) is 11.6 Å². The molecule has 3 rings (SSSR count). The Balaban J connectivity index is 1.59. The first-order valence-electron chi connectivity index (χ1n) is 8.73. The number of non-ortho nitro benzene ring substituents is 1. The Kier molecular flexibility index (Phi) is 5.75. The van der Waals surface area contributed by atoms with Crippen LogP contribution in [0.1, 0.15) is 19.3 Å². The Hall–Kier alpha value is -1.86. The lowest BCUT2D eigenvalue weighted by Crippen LogP contribution is -2.40. The molecule has 0 atom stereocenters. The fraction of sp³-hybridized carbons (Fsp3) is 0.588. The van der Waals surface area contributed by atoms with Crippen molar-refractivity contribution in [1.82, 2.24) is 9.80 Å². The number of carbonyl (C=O) groups is 1. The van der Waals surface area contributed by atoms with Crippen LogP contribution < -0.4 is 4.90 Å². The van der Waals surface area contributed by atoms with Crippen molar-refractivity contribution in [2.75, 3.05) is 50.7 Å². The van der Waals surface area contributed by atoms with Gasteiger partial charge in [0.25, 0.3) is 5.69 Å². The lowest BCUT2D eigenvalue weighted by molar-refractivity contribution is -0.384. The van der Waals surface area contributed by atoms with E-state index in [1.807, 2.05) is 4.90 Å². The number of anilines is 1. The number of nitro groups is 1. The molecule has 25 heavy (non-hydrogen) atoms. The quantitative estimate of drug-likeness (QED) is 0.604. The van der Waals surface area contributed by atoms with Gasteiger partial charge in [-0.25, -0.2) is 0 Å². The standard InChI is InChI=1S/C17H23ClN4O3/c18-15-12-14(22(24)25)4-5-16(15)20-9-3-6-19(10-11-20)13-17(23)21-7-1-2-8-21/h4-5,12H,1-3,6-11,13H2. The zero-order valence-corrected chi connectivity index (χ0v) is 15.0. The van der Waals surface area contributed by atoms with Gasteiger partial charge in [-0.15, -0.1) is 0 Å². The minimum atomic E-state index is -0.441. The van der Waals surface area contributed by atoms with Crippen LogP contribution in [0.4, 0.5) is 11.4 Å². The van der Waals surface area contributed by atoms with E-state index < -0.39 is 4.92 Å². The molecule has 0 N–H and O–H groups in total. The molecule has 2 aliphatic heterocycles. The van der Waals surface area contributed by atoms with Crippen LogP contribution in [0.15, 0.2) is 18.2 Å². The summed E-state index contributed by atoms with van der Waals surface area (Å²) in [6.45, 7) is 5.49. The second-order valence-corrected chi connectivity index (χ2v) is 7.00. The fourth-order valence-electron chi connectivity index (χ4n) is 3.49. The molecule has 0 saturated carbocycles. The van der Waals surface area contributed by atoms with E-state index in [-0.39, 0.29) is 11.6 Å². The molecule has 1 aromatic carbocycles. The SMILES string of the molecule is O=C(CN1CCCN(c2ccc([N+](=O)[O-])cc2Cl)CC1)N1CCCC1. The van der Waals surface area contributed by atoms with Gasteiger partial charge in [0, 0.05) is 51.4 Å². The topological polar surface area (TPSA) is 69.9 Å². The van der Waals surface area contributed by atoms with E-state index in [1.54, 1.807) is 6.07 Å². The number of nitrogens with zero attached hydrogens (tertiary/aromatic N) is 4. The fourth-order valence-corrected chi connectivity index (χ4v) is 3.79. The third-order valence-corrected chi connectivity index (χ3v) is 5.19. The molecular weight excluding hydrogens is 344 g/mol. The second kappa shape index (κ2) is 8.01. The molecule has 0 aromatic heterocycles. The number of hydrogen-bond acceptors (Lipinski definition) is 5. The van der Waals surface area contributed by atoms with Crippen molar-refractivity contribution in [1.29, 1.82) is 0 Å². The van der Waals surface area contributed by atoms with Gasteiger partial charge in [0.05, 0.1) is 22.2 Å². The van der Waals surface area contributed by atoms with E-state index in [0.29, 0.717) is 11.6 Å². The second-order valence-electron chi connectivity index (χ2n) is 6.60. The maximum atomic E-state index is 12.3. The highest BCUT2D eigenvalue weighted by Crippen LogP contribution is 2.30. The summed E-state index contributed by atoms with van der Waals surface area (Å²) in [5.74, 6) is 0.222. The third kappa shape index (κ3) is 4.41. The van der Waals surface area contributed by atoms with Gasteiger partial charge < -0.3 is 9.80 Å². The van der Waals surface area contributed by atoms with Crippen molar-refractivity contribution in [3.05, 3.63) is 33.3 Å².